The van der Waals surface area contributed by atoms with Gasteiger partial charge in [0.25, 0.3) is 0 Å². The molecule has 0 N–H and O–H groups in total. The Bertz CT molecular complexity index is 757. The van der Waals surface area contributed by atoms with Crippen LogP contribution in [0.5, 0.6) is 0 Å². The maximum Gasteiger partial charge on any atom is 0.208 e. The van der Waals surface area contributed by atoms with Gasteiger partial charge < -0.3 is 9.80 Å². The topological polar surface area (TPSA) is 45.2 Å². The number of nitrogens with zero attached hydrogens (tertiary/aromatic N) is 5. The molecule has 1 fully saturated rings. The summed E-state index contributed by atoms with van der Waals surface area (Å²) in [6.07, 6.45) is 0. The van der Waals surface area contributed by atoms with Crippen molar-refractivity contribution in [2.45, 2.75) is 6.92 Å². The summed E-state index contributed by atoms with van der Waals surface area (Å²) in [5, 5.41) is 11.7. The van der Waals surface area contributed by atoms with Gasteiger partial charge in [0, 0.05) is 31.6 Å². The number of benzene rings is 1. The number of hydrogen-bond acceptors (Lipinski definition) is 7. The number of aromatic nitrogens is 3. The molecule has 3 aromatic rings. The first-order chi connectivity index (χ1) is 10.3. The molecule has 1 aliphatic rings. The Hall–Kier alpha value is -1.73. The van der Waals surface area contributed by atoms with E-state index in [0.29, 0.717) is 0 Å². The molecule has 4 rings (SSSR count). The molecule has 1 saturated heterocycles. The first-order valence-electron chi connectivity index (χ1n) is 6.96. The summed E-state index contributed by atoms with van der Waals surface area (Å²) in [4.78, 5) is 4.69. The number of fused-ring (bicyclic) bond motifs is 1. The molecule has 7 heteroatoms. The third-order valence-corrected chi connectivity index (χ3v) is 5.44. The van der Waals surface area contributed by atoms with Gasteiger partial charge in [0.05, 0.1) is 4.70 Å². The van der Waals surface area contributed by atoms with E-state index >= 15 is 0 Å². The van der Waals surface area contributed by atoms with Crippen molar-refractivity contribution in [1.82, 2.24) is 14.6 Å². The molecule has 108 valence electrons. The van der Waals surface area contributed by atoms with Gasteiger partial charge in [-0.2, -0.15) is 4.37 Å². The van der Waals surface area contributed by atoms with Gasteiger partial charge in [0.2, 0.25) is 5.13 Å². The van der Waals surface area contributed by atoms with Crippen LogP contribution in [-0.4, -0.2) is 40.7 Å². The molecular weight excluding hydrogens is 302 g/mol. The van der Waals surface area contributed by atoms with Crippen molar-refractivity contribution in [2.24, 2.45) is 0 Å². The van der Waals surface area contributed by atoms with E-state index in [-0.39, 0.29) is 0 Å². The van der Waals surface area contributed by atoms with E-state index in [2.05, 4.69) is 48.6 Å². The Kier molecular flexibility index (Phi) is 3.23. The van der Waals surface area contributed by atoms with Crippen LogP contribution in [0, 0.1) is 6.92 Å². The maximum atomic E-state index is 4.64. The van der Waals surface area contributed by atoms with E-state index in [1.807, 2.05) is 6.92 Å². The highest BCUT2D eigenvalue weighted by Gasteiger charge is 2.22. The lowest BCUT2D eigenvalue weighted by atomic mass is 10.2. The lowest BCUT2D eigenvalue weighted by Gasteiger charge is -2.34. The van der Waals surface area contributed by atoms with Crippen molar-refractivity contribution in [1.29, 1.82) is 0 Å². The van der Waals surface area contributed by atoms with Crippen LogP contribution in [-0.2, 0) is 0 Å². The largest absolute Gasteiger partial charge is 0.352 e. The lowest BCUT2D eigenvalue weighted by molar-refractivity contribution is 0.647. The van der Waals surface area contributed by atoms with E-state index in [1.54, 1.807) is 22.9 Å². The van der Waals surface area contributed by atoms with Crippen LogP contribution in [0.25, 0.3) is 10.1 Å². The summed E-state index contributed by atoms with van der Waals surface area (Å²) in [7, 11) is 0. The molecule has 5 nitrogen and oxygen atoms in total. The highest BCUT2D eigenvalue weighted by Crippen LogP contribution is 2.30. The van der Waals surface area contributed by atoms with E-state index in [0.717, 1.165) is 42.1 Å². The Morgan fingerprint density at radius 1 is 1.00 bits per heavy atom. The van der Waals surface area contributed by atoms with Gasteiger partial charge in [0.15, 0.2) is 0 Å². The smallest absolute Gasteiger partial charge is 0.208 e. The van der Waals surface area contributed by atoms with Crippen LogP contribution in [0.2, 0.25) is 0 Å². The van der Waals surface area contributed by atoms with Gasteiger partial charge in [0.1, 0.15) is 10.8 Å². The molecule has 1 aliphatic heterocycles. The summed E-state index contributed by atoms with van der Waals surface area (Å²) >= 11 is 3.25. The predicted molar refractivity (Wildman–Crippen MR) is 88.7 cm³/mol. The van der Waals surface area contributed by atoms with E-state index in [4.69, 9.17) is 0 Å². The summed E-state index contributed by atoms with van der Waals surface area (Å²) in [6, 6.07) is 8.45. The normalized spacial score (nSPS) is 15.9. The molecule has 0 spiro atoms. The zero-order chi connectivity index (χ0) is 14.2. The highest BCUT2D eigenvalue weighted by atomic mass is 32.1. The van der Waals surface area contributed by atoms with Crippen LogP contribution in [0.3, 0.4) is 0 Å². The van der Waals surface area contributed by atoms with E-state index in [9.17, 15) is 0 Å². The van der Waals surface area contributed by atoms with Gasteiger partial charge in [-0.1, -0.05) is 23.5 Å². The first kappa shape index (κ1) is 13.0. The molecule has 0 unspecified atom stereocenters. The van der Waals surface area contributed by atoms with Crippen LogP contribution in [0.4, 0.5) is 10.9 Å². The second-order valence-electron chi connectivity index (χ2n) is 5.08. The minimum atomic E-state index is 0.973. The van der Waals surface area contributed by atoms with Crippen molar-refractivity contribution < 1.29 is 0 Å². The van der Waals surface area contributed by atoms with E-state index in [1.165, 1.54) is 10.1 Å². The minimum absolute atomic E-state index is 0.973. The van der Waals surface area contributed by atoms with Crippen molar-refractivity contribution in [3.05, 3.63) is 29.3 Å². The monoisotopic (exact) mass is 317 g/mol. The van der Waals surface area contributed by atoms with Crippen LogP contribution in [0.1, 0.15) is 5.01 Å². The number of hydrogen-bond donors (Lipinski definition) is 0. The molecule has 3 heterocycles. The van der Waals surface area contributed by atoms with Gasteiger partial charge in [-0.25, -0.2) is 0 Å². The van der Waals surface area contributed by atoms with Crippen molar-refractivity contribution >= 4 is 43.9 Å². The highest BCUT2D eigenvalue weighted by molar-refractivity contribution is 7.15. The third-order valence-electron chi connectivity index (χ3n) is 3.72. The van der Waals surface area contributed by atoms with Crippen LogP contribution in [0.15, 0.2) is 24.3 Å². The summed E-state index contributed by atoms with van der Waals surface area (Å²) < 4.78 is 5.90. The Morgan fingerprint density at radius 3 is 2.52 bits per heavy atom. The molecule has 0 saturated carbocycles. The zero-order valence-corrected chi connectivity index (χ0v) is 13.3. The Morgan fingerprint density at radius 2 is 1.76 bits per heavy atom. The molecule has 0 amide bonds. The molecule has 1 aromatic carbocycles. The lowest BCUT2D eigenvalue weighted by Crippen LogP contribution is -2.46. The van der Waals surface area contributed by atoms with Crippen molar-refractivity contribution in [3.63, 3.8) is 0 Å². The number of aryl methyl sites for hydroxylation is 1. The molecule has 0 bridgehead atoms. The Balaban J connectivity index is 1.52. The van der Waals surface area contributed by atoms with E-state index < -0.39 is 0 Å². The average molecular weight is 317 g/mol. The quantitative estimate of drug-likeness (QED) is 0.727. The molecule has 2 aromatic heterocycles. The maximum absolute atomic E-state index is 4.64. The van der Waals surface area contributed by atoms with Gasteiger partial charge in [-0.05, 0) is 30.6 Å². The molecule has 0 atom stereocenters. The third kappa shape index (κ3) is 2.36. The van der Waals surface area contributed by atoms with Crippen LogP contribution < -0.4 is 9.80 Å². The van der Waals surface area contributed by atoms with Crippen LogP contribution >= 0.6 is 22.9 Å². The minimum Gasteiger partial charge on any atom is -0.352 e. The van der Waals surface area contributed by atoms with Gasteiger partial charge >= 0.3 is 0 Å². The first-order valence-corrected chi connectivity index (χ1v) is 8.55. The number of rotatable bonds is 2. The molecule has 0 aliphatic carbocycles. The molecule has 0 radical (unpaired) electrons. The summed E-state index contributed by atoms with van der Waals surface area (Å²) in [5.41, 5.74) is 0. The predicted octanol–water partition coefficient (Wildman–Crippen LogP) is 2.78. The zero-order valence-electron chi connectivity index (χ0n) is 11.7. The van der Waals surface area contributed by atoms with Crippen molar-refractivity contribution in [3.8, 4) is 0 Å². The standard InChI is InChI=1S/C14H15N5S2/c1-10-15-16-14(20-10)19-8-6-18(7-9-19)13-11-4-2-3-5-12(11)21-17-13/h2-5H,6-9H2,1H3. The fourth-order valence-corrected chi connectivity index (χ4v) is 4.16. The number of piperazine rings is 1. The number of anilines is 2. The summed E-state index contributed by atoms with van der Waals surface area (Å²) in [6.45, 7) is 5.90. The fourth-order valence-electron chi connectivity index (χ4n) is 2.62. The second-order valence-corrected chi connectivity index (χ2v) is 7.05. The molecule has 21 heavy (non-hydrogen) atoms. The fraction of sp³-hybridized carbons (Fsp3) is 0.357. The molecular formula is C14H15N5S2. The Labute approximate surface area is 131 Å². The average Bonchev–Trinajstić information content (AvgIpc) is 3.14. The SMILES string of the molecule is Cc1nnc(N2CCN(c3nsc4ccccc34)CC2)s1. The second kappa shape index (κ2) is 5.23. The van der Waals surface area contributed by atoms with Gasteiger partial charge in [-0.15, -0.1) is 10.2 Å². The van der Waals surface area contributed by atoms with Gasteiger partial charge in [-0.3, -0.25) is 0 Å². The van der Waals surface area contributed by atoms with Crippen molar-refractivity contribution in [2.75, 3.05) is 36.0 Å². The summed E-state index contributed by atoms with van der Waals surface area (Å²) in [5.74, 6) is 1.13.